The van der Waals surface area contributed by atoms with Crippen molar-refractivity contribution in [1.29, 1.82) is 0 Å². The van der Waals surface area contributed by atoms with Crippen LogP contribution in [0.3, 0.4) is 0 Å². The molecule has 0 aliphatic rings. The smallest absolute Gasteiger partial charge is 0.356 e. The zero-order valence-corrected chi connectivity index (χ0v) is 35.0. The van der Waals surface area contributed by atoms with E-state index in [0.29, 0.717) is 51.3 Å². The number of aromatic carboxylic acids is 1. The Morgan fingerprint density at radius 2 is 1.51 bits per heavy atom. The Bertz CT molecular complexity index is 2650. The number of nitrogens with one attached hydrogen (secondary N) is 4. The predicted molar refractivity (Wildman–Crippen MR) is 231 cm³/mol. The van der Waals surface area contributed by atoms with Crippen LogP contribution >= 0.6 is 0 Å². The number of methoxy groups -OCH3 is 2. The van der Waals surface area contributed by atoms with E-state index in [-0.39, 0.29) is 48.1 Å². The number of benzene rings is 4. The molecule has 0 atom stereocenters. The number of rotatable bonds is 17. The maximum absolute atomic E-state index is 13.5. The number of hydrogen-bond donors (Lipinski definition) is 5. The Balaban J connectivity index is 1.13. The van der Waals surface area contributed by atoms with E-state index in [0.717, 1.165) is 17.2 Å². The number of fused-ring (bicyclic) bond motifs is 1. The molecule has 0 spiro atoms. The largest absolute Gasteiger partial charge is 0.497 e. The Morgan fingerprint density at radius 1 is 0.770 bits per heavy atom. The second-order valence-corrected chi connectivity index (χ2v) is 16.3. The number of carboxylic acid groups (broad SMARTS) is 1. The molecule has 17 nitrogen and oxygen atoms in total. The molecular formula is C43H45N7O10S. The number of nitrogens with zero attached hydrogens (tertiary/aromatic N) is 3. The summed E-state index contributed by atoms with van der Waals surface area (Å²) in [5.74, 6) is 1.57. The van der Waals surface area contributed by atoms with Gasteiger partial charge in [-0.1, -0.05) is 45.0 Å². The maximum atomic E-state index is 13.5. The highest BCUT2D eigenvalue weighted by Crippen LogP contribution is 2.40. The fourth-order valence-electron chi connectivity index (χ4n) is 6.00. The molecule has 0 unspecified atom stereocenters. The van der Waals surface area contributed by atoms with Gasteiger partial charge in [-0.2, -0.15) is 5.10 Å². The summed E-state index contributed by atoms with van der Waals surface area (Å²) in [6.45, 7) is 6.51. The normalized spacial score (nSPS) is 11.4. The average molecular weight is 852 g/mol. The standard InChI is InChI=1S/C43H45N7O10S/c1-43(2,3)26-19-36(40(57-5)37(20-26)50-61(6,54)55)47-42(53)46-34-13-14-38(33-10-8-7-9-32(33)34)60-29-15-16-44-39(24-29)45-28-21-30(56-4)23-31(22-28)59-18-17-58-25-27-11-12-35(41(51)52)49-48-27/h7-16,19-24,50H,17-18,25H2,1-6H3,(H,44,45)(H,51,52)(H2,46,47,53). The van der Waals surface area contributed by atoms with E-state index in [1.165, 1.54) is 13.2 Å². The Kier molecular flexibility index (Phi) is 13.4. The lowest BCUT2D eigenvalue weighted by molar-refractivity contribution is 0.0687. The van der Waals surface area contributed by atoms with Gasteiger partial charge >= 0.3 is 12.0 Å². The van der Waals surface area contributed by atoms with Crippen molar-refractivity contribution in [3.8, 4) is 28.7 Å². The average Bonchev–Trinajstić information content (AvgIpc) is 3.21. The third-order valence-corrected chi connectivity index (χ3v) is 9.46. The minimum atomic E-state index is -3.65. The van der Waals surface area contributed by atoms with Gasteiger partial charge in [0.2, 0.25) is 10.0 Å². The summed E-state index contributed by atoms with van der Waals surface area (Å²) in [6.07, 6.45) is 2.65. The van der Waals surface area contributed by atoms with Gasteiger partial charge in [-0.05, 0) is 53.4 Å². The summed E-state index contributed by atoms with van der Waals surface area (Å²) in [7, 11) is -0.707. The van der Waals surface area contributed by atoms with E-state index >= 15 is 0 Å². The molecule has 0 saturated carbocycles. The van der Waals surface area contributed by atoms with Crippen molar-refractivity contribution in [2.75, 3.05) is 54.4 Å². The molecule has 2 amide bonds. The van der Waals surface area contributed by atoms with E-state index in [9.17, 15) is 18.0 Å². The SMILES string of the molecule is COc1cc(Nc2cc(Oc3ccc(NC(=O)Nc4cc(C(C)(C)C)cc(NS(C)(=O)=O)c4OC)c4ccccc34)ccn2)cc(OCCOCc2ccc(C(=O)O)nn2)c1. The van der Waals surface area contributed by atoms with Crippen LogP contribution in [0.4, 0.5) is 33.4 Å². The number of anilines is 5. The number of urea groups is 1. The topological polar surface area (TPSA) is 221 Å². The Morgan fingerprint density at radius 3 is 2.20 bits per heavy atom. The number of ether oxygens (including phenoxy) is 5. The third-order valence-electron chi connectivity index (χ3n) is 8.87. The van der Waals surface area contributed by atoms with E-state index in [1.807, 2.05) is 45.0 Å². The first kappa shape index (κ1) is 43.4. The number of carboxylic acids is 1. The Labute approximate surface area is 352 Å². The molecule has 0 saturated heterocycles. The first-order valence-electron chi connectivity index (χ1n) is 18.7. The first-order valence-corrected chi connectivity index (χ1v) is 20.6. The van der Waals surface area contributed by atoms with Gasteiger partial charge in [0.15, 0.2) is 11.4 Å². The maximum Gasteiger partial charge on any atom is 0.356 e. The van der Waals surface area contributed by atoms with Crippen LogP contribution in [0.5, 0.6) is 28.7 Å². The molecule has 5 N–H and O–H groups in total. The lowest BCUT2D eigenvalue weighted by Gasteiger charge is -2.24. The summed E-state index contributed by atoms with van der Waals surface area (Å²) in [6, 6.07) is 25.5. The molecule has 0 aliphatic heterocycles. The highest BCUT2D eigenvalue weighted by atomic mass is 32.2. The quantitative estimate of drug-likeness (QED) is 0.0546. The monoisotopic (exact) mass is 851 g/mol. The van der Waals surface area contributed by atoms with Crippen LogP contribution in [0.2, 0.25) is 0 Å². The molecule has 6 aromatic rings. The van der Waals surface area contributed by atoms with Crippen LogP contribution < -0.4 is 39.6 Å². The van der Waals surface area contributed by atoms with Gasteiger partial charge in [-0.3, -0.25) is 4.72 Å². The summed E-state index contributed by atoms with van der Waals surface area (Å²) in [4.78, 5) is 29.0. The lowest BCUT2D eigenvalue weighted by atomic mass is 9.86. The van der Waals surface area contributed by atoms with E-state index < -0.39 is 22.0 Å². The molecule has 0 aliphatic carbocycles. The molecule has 2 aromatic heterocycles. The van der Waals surface area contributed by atoms with Crippen LogP contribution in [-0.2, 0) is 26.8 Å². The van der Waals surface area contributed by atoms with Crippen molar-refractivity contribution in [3.05, 3.63) is 114 Å². The van der Waals surface area contributed by atoms with Crippen LogP contribution in [0.1, 0.15) is 42.5 Å². The van der Waals surface area contributed by atoms with Crippen LogP contribution in [0.25, 0.3) is 10.8 Å². The number of carbonyl (C=O) groups excluding carboxylic acids is 1. The molecular weight excluding hydrogens is 807 g/mol. The van der Waals surface area contributed by atoms with Crippen molar-refractivity contribution in [2.24, 2.45) is 0 Å². The number of carbonyl (C=O) groups is 2. The highest BCUT2D eigenvalue weighted by molar-refractivity contribution is 7.92. The lowest BCUT2D eigenvalue weighted by Crippen LogP contribution is -2.22. The second kappa shape index (κ2) is 18.8. The molecule has 61 heavy (non-hydrogen) atoms. The zero-order chi connectivity index (χ0) is 43.7. The molecule has 0 fully saturated rings. The van der Waals surface area contributed by atoms with Crippen molar-refractivity contribution >= 4 is 61.4 Å². The molecule has 18 heteroatoms. The van der Waals surface area contributed by atoms with Crippen molar-refractivity contribution in [1.82, 2.24) is 15.2 Å². The minimum Gasteiger partial charge on any atom is -0.497 e. The Hall–Kier alpha value is -7.18. The fourth-order valence-corrected chi connectivity index (χ4v) is 6.56. The third kappa shape index (κ3) is 11.7. The van der Waals surface area contributed by atoms with Crippen LogP contribution in [-0.4, -0.2) is 74.4 Å². The molecule has 0 radical (unpaired) electrons. The van der Waals surface area contributed by atoms with Gasteiger partial charge in [-0.15, -0.1) is 5.10 Å². The molecule has 0 bridgehead atoms. The second-order valence-electron chi connectivity index (χ2n) is 14.6. The van der Waals surface area contributed by atoms with Crippen LogP contribution in [0, 0.1) is 0 Å². The van der Waals surface area contributed by atoms with Gasteiger partial charge in [0.25, 0.3) is 0 Å². The zero-order valence-electron chi connectivity index (χ0n) is 34.2. The summed E-state index contributed by atoms with van der Waals surface area (Å²) < 4.78 is 55.8. The minimum absolute atomic E-state index is 0.138. The van der Waals surface area contributed by atoms with Crippen LogP contribution in [0.15, 0.2) is 97.2 Å². The fraction of sp³-hybridized carbons (Fsp3) is 0.233. The molecule has 318 valence electrons. The van der Waals surface area contributed by atoms with Gasteiger partial charge in [0, 0.05) is 46.9 Å². The molecule has 2 heterocycles. The van der Waals surface area contributed by atoms with E-state index in [4.69, 9.17) is 28.8 Å². The van der Waals surface area contributed by atoms with E-state index in [2.05, 4.69) is 35.9 Å². The number of amides is 2. The van der Waals surface area contributed by atoms with Crippen molar-refractivity contribution in [2.45, 2.75) is 32.8 Å². The number of pyridine rings is 1. The van der Waals surface area contributed by atoms with Crippen molar-refractivity contribution in [3.63, 3.8) is 0 Å². The van der Waals surface area contributed by atoms with Gasteiger partial charge in [-0.25, -0.2) is 23.0 Å². The van der Waals surface area contributed by atoms with Crippen molar-refractivity contribution < 1.29 is 46.8 Å². The first-order chi connectivity index (χ1) is 29.1. The summed E-state index contributed by atoms with van der Waals surface area (Å²) in [5.41, 5.74) is 2.36. The highest BCUT2D eigenvalue weighted by Gasteiger charge is 2.23. The number of hydrogen-bond acceptors (Lipinski definition) is 13. The summed E-state index contributed by atoms with van der Waals surface area (Å²) in [5, 5.41) is 26.9. The number of sulfonamides is 1. The number of aromatic nitrogens is 3. The van der Waals surface area contributed by atoms with Gasteiger partial charge in [0.05, 0.1) is 56.4 Å². The molecule has 4 aromatic carbocycles. The summed E-state index contributed by atoms with van der Waals surface area (Å²) >= 11 is 0. The van der Waals surface area contributed by atoms with E-state index in [1.54, 1.807) is 74.0 Å². The van der Waals surface area contributed by atoms with Gasteiger partial charge < -0.3 is 44.7 Å². The van der Waals surface area contributed by atoms with Gasteiger partial charge in [0.1, 0.15) is 35.4 Å². The molecule has 6 rings (SSSR count). The predicted octanol–water partition coefficient (Wildman–Crippen LogP) is 8.18.